The molecule has 0 bridgehead atoms. The van der Waals surface area contributed by atoms with Gasteiger partial charge in [0.15, 0.2) is 11.6 Å². The van der Waals surface area contributed by atoms with Gasteiger partial charge in [0, 0.05) is 10.8 Å². The van der Waals surface area contributed by atoms with Gasteiger partial charge in [-0.05, 0) is 40.5 Å². The molecule has 0 atom stereocenters. The lowest BCUT2D eigenvalue weighted by atomic mass is 9.88. The van der Waals surface area contributed by atoms with Crippen LogP contribution in [0.3, 0.4) is 0 Å². The first kappa shape index (κ1) is 24.1. The van der Waals surface area contributed by atoms with E-state index in [-0.39, 0.29) is 22.7 Å². The second kappa shape index (κ2) is 9.29. The van der Waals surface area contributed by atoms with Gasteiger partial charge in [-0.3, -0.25) is 4.79 Å². The average molecular weight is 411 g/mol. The molecule has 29 heavy (non-hydrogen) atoms. The van der Waals surface area contributed by atoms with Crippen LogP contribution in [-0.2, 0) is 28.5 Å². The van der Waals surface area contributed by atoms with Crippen molar-refractivity contribution in [3.05, 3.63) is 24.3 Å². The molecule has 6 nitrogen and oxygen atoms in total. The molecule has 0 aromatic heterocycles. The number of methoxy groups -OCH3 is 1. The molecule has 2 saturated heterocycles. The maximum absolute atomic E-state index is 12.2. The van der Waals surface area contributed by atoms with Crippen LogP contribution in [0.1, 0.15) is 54.4 Å². The summed E-state index contributed by atoms with van der Waals surface area (Å²) >= 11 is 0. The fraction of sp³-hybridized carbons (Fsp3) is 0.783. The third kappa shape index (κ3) is 7.52. The van der Waals surface area contributed by atoms with E-state index in [1.165, 1.54) is 7.11 Å². The highest BCUT2D eigenvalue weighted by Gasteiger charge is 2.36. The van der Waals surface area contributed by atoms with Gasteiger partial charge >= 0.3 is 5.97 Å². The van der Waals surface area contributed by atoms with Crippen LogP contribution in [0.4, 0.5) is 0 Å². The maximum Gasteiger partial charge on any atom is 0.309 e. The molecule has 0 N–H and O–H groups in total. The normalized spacial score (nSPS) is 25.5. The summed E-state index contributed by atoms with van der Waals surface area (Å²) in [5.74, 6) is -1.51. The first-order chi connectivity index (χ1) is 13.4. The van der Waals surface area contributed by atoms with Crippen LogP contribution < -0.4 is 0 Å². The minimum absolute atomic E-state index is 0.191. The van der Waals surface area contributed by atoms with Crippen molar-refractivity contribution < 1.29 is 28.5 Å². The Morgan fingerprint density at radius 2 is 1.14 bits per heavy atom. The zero-order chi connectivity index (χ0) is 21.8. The Kier molecular flexibility index (Phi) is 7.71. The molecule has 0 aromatic rings. The van der Waals surface area contributed by atoms with E-state index >= 15 is 0 Å². The molecule has 0 aromatic carbocycles. The second-order valence-corrected chi connectivity index (χ2v) is 9.76. The van der Waals surface area contributed by atoms with Crippen molar-refractivity contribution in [3.63, 3.8) is 0 Å². The van der Waals surface area contributed by atoms with E-state index in [0.29, 0.717) is 39.3 Å². The number of rotatable bonds is 7. The molecule has 166 valence electrons. The lowest BCUT2D eigenvalue weighted by molar-refractivity contribution is -0.274. The van der Waals surface area contributed by atoms with Crippen molar-refractivity contribution in [2.45, 2.75) is 66.0 Å². The van der Waals surface area contributed by atoms with Gasteiger partial charge in [0.25, 0.3) is 0 Å². The molecule has 2 aliphatic heterocycles. The molecule has 2 heterocycles. The van der Waals surface area contributed by atoms with Gasteiger partial charge in [-0.25, -0.2) is 0 Å². The van der Waals surface area contributed by atoms with Gasteiger partial charge in [0.2, 0.25) is 0 Å². The average Bonchev–Trinajstić information content (AvgIpc) is 2.66. The third-order valence-electron chi connectivity index (χ3n) is 5.41. The first-order valence-corrected chi connectivity index (χ1v) is 10.4. The first-order valence-electron chi connectivity index (χ1n) is 10.4. The minimum atomic E-state index is -0.537. The Hall–Kier alpha value is -1.21. The summed E-state index contributed by atoms with van der Waals surface area (Å²) in [6.45, 7) is 14.2. The zero-order valence-electron chi connectivity index (χ0n) is 19.1. The molecule has 2 rings (SSSR count). The molecule has 0 unspecified atom stereocenters. The maximum atomic E-state index is 12.2. The van der Waals surface area contributed by atoms with Crippen molar-refractivity contribution in [2.24, 2.45) is 16.7 Å². The Balaban J connectivity index is 1.90. The highest BCUT2D eigenvalue weighted by Crippen LogP contribution is 2.32. The van der Waals surface area contributed by atoms with Gasteiger partial charge in [0.1, 0.15) is 0 Å². The zero-order valence-corrected chi connectivity index (χ0v) is 19.1. The number of allylic oxidation sites excluding steroid dienone is 2. The fourth-order valence-corrected chi connectivity index (χ4v) is 3.20. The number of ether oxygens (including phenoxy) is 5. The van der Waals surface area contributed by atoms with Gasteiger partial charge in [0.05, 0.1) is 39.5 Å². The number of carbonyl (C=O) groups is 1. The van der Waals surface area contributed by atoms with E-state index in [1.54, 1.807) is 0 Å². The number of hydrogen-bond donors (Lipinski definition) is 0. The van der Waals surface area contributed by atoms with E-state index in [1.807, 2.05) is 39.8 Å². The van der Waals surface area contributed by atoms with Crippen molar-refractivity contribution >= 4 is 5.97 Å². The molecular formula is C23H38O6. The van der Waals surface area contributed by atoms with E-state index in [0.717, 1.165) is 0 Å². The summed E-state index contributed by atoms with van der Waals surface area (Å²) in [4.78, 5) is 12.2. The highest BCUT2D eigenvalue weighted by atomic mass is 16.7. The predicted octanol–water partition coefficient (Wildman–Crippen LogP) is 4.25. The Bertz CT molecular complexity index is 553. The van der Waals surface area contributed by atoms with E-state index < -0.39 is 11.6 Å². The van der Waals surface area contributed by atoms with Crippen molar-refractivity contribution in [3.8, 4) is 0 Å². The monoisotopic (exact) mass is 410 g/mol. The molecular weight excluding hydrogens is 372 g/mol. The quantitative estimate of drug-likeness (QED) is 0.462. The summed E-state index contributed by atoms with van der Waals surface area (Å²) in [5.41, 5.74) is -0.383. The molecule has 2 aliphatic rings. The van der Waals surface area contributed by atoms with Crippen LogP contribution in [-0.4, -0.2) is 51.1 Å². The summed E-state index contributed by atoms with van der Waals surface area (Å²) in [6, 6.07) is 0. The molecule has 2 fully saturated rings. The van der Waals surface area contributed by atoms with Gasteiger partial charge in [-0.1, -0.05) is 38.2 Å². The fourth-order valence-electron chi connectivity index (χ4n) is 3.20. The number of carbonyl (C=O) groups excluding carboxylic acids is 1. The third-order valence-corrected chi connectivity index (χ3v) is 5.41. The van der Waals surface area contributed by atoms with Crippen molar-refractivity contribution in [1.82, 2.24) is 0 Å². The van der Waals surface area contributed by atoms with Crippen LogP contribution in [0.2, 0.25) is 0 Å². The largest absolute Gasteiger partial charge is 0.469 e. The van der Waals surface area contributed by atoms with Crippen LogP contribution in [0.5, 0.6) is 0 Å². The van der Waals surface area contributed by atoms with Gasteiger partial charge < -0.3 is 23.7 Å². The molecule has 6 heteroatoms. The lowest BCUT2D eigenvalue weighted by Gasteiger charge is -2.40. The predicted molar refractivity (Wildman–Crippen MR) is 111 cm³/mol. The summed E-state index contributed by atoms with van der Waals surface area (Å²) in [7, 11) is 1.43. The Morgan fingerprint density at radius 1 is 0.793 bits per heavy atom. The summed E-state index contributed by atoms with van der Waals surface area (Å²) in [5, 5.41) is 0. The SMILES string of the molecule is COC(=O)C(C/C=C/C1(C)COC(C)(C)OC1)C/C=C/C1(C)COC(C)(C)OC1. The summed E-state index contributed by atoms with van der Waals surface area (Å²) < 4.78 is 28.1. The molecule has 0 saturated carbocycles. The van der Waals surface area contributed by atoms with E-state index in [9.17, 15) is 4.79 Å². The smallest absolute Gasteiger partial charge is 0.309 e. The summed E-state index contributed by atoms with van der Waals surface area (Å²) in [6.07, 6.45) is 9.47. The molecule has 0 radical (unpaired) electrons. The lowest BCUT2D eigenvalue weighted by Crippen LogP contribution is -2.44. The number of hydrogen-bond acceptors (Lipinski definition) is 6. The van der Waals surface area contributed by atoms with Crippen molar-refractivity contribution in [2.75, 3.05) is 33.5 Å². The van der Waals surface area contributed by atoms with Gasteiger partial charge in [-0.15, -0.1) is 0 Å². The topological polar surface area (TPSA) is 63.2 Å². The highest BCUT2D eigenvalue weighted by molar-refractivity contribution is 5.72. The van der Waals surface area contributed by atoms with Crippen LogP contribution in [0, 0.1) is 16.7 Å². The van der Waals surface area contributed by atoms with Crippen LogP contribution in [0.15, 0.2) is 24.3 Å². The Morgan fingerprint density at radius 3 is 1.45 bits per heavy atom. The standard InChI is InChI=1S/C23H38O6/c1-20(2)26-14-22(5,15-27-20)12-8-10-18(19(24)25-7)11-9-13-23(6)16-28-21(3,4)29-17-23/h8-9,12-13,18H,10-11,14-17H2,1-7H3/b12-8+,13-9+. The van der Waals surface area contributed by atoms with E-state index in [2.05, 4.69) is 26.0 Å². The number of esters is 1. The Labute approximate surface area is 175 Å². The minimum Gasteiger partial charge on any atom is -0.469 e. The van der Waals surface area contributed by atoms with Crippen LogP contribution in [0.25, 0.3) is 0 Å². The van der Waals surface area contributed by atoms with Crippen molar-refractivity contribution in [1.29, 1.82) is 0 Å². The molecule has 0 spiro atoms. The molecule has 0 amide bonds. The van der Waals surface area contributed by atoms with Crippen LogP contribution >= 0.6 is 0 Å². The molecule has 0 aliphatic carbocycles. The second-order valence-electron chi connectivity index (χ2n) is 9.76. The van der Waals surface area contributed by atoms with Gasteiger partial charge in [-0.2, -0.15) is 0 Å². The van der Waals surface area contributed by atoms with E-state index in [4.69, 9.17) is 23.7 Å².